The van der Waals surface area contributed by atoms with Crippen molar-refractivity contribution in [3.8, 4) is 34.1 Å². The molecule has 0 fully saturated rings. The lowest BCUT2D eigenvalue weighted by atomic mass is 9.86. The number of hydrogen-bond acceptors (Lipinski definition) is 3. The highest BCUT2D eigenvalue weighted by Gasteiger charge is 2.20. The normalized spacial score (nSPS) is 11.9. The number of aryl methyl sites for hydroxylation is 2. The number of fused-ring (bicyclic) bond motifs is 3. The molecule has 7 aromatic rings. The van der Waals surface area contributed by atoms with Crippen LogP contribution in [-0.2, 0) is 5.41 Å². The van der Waals surface area contributed by atoms with E-state index in [9.17, 15) is 0 Å². The predicted molar refractivity (Wildman–Crippen MR) is 181 cm³/mol. The number of nitrogens with zero attached hydrogens (tertiary/aromatic N) is 4. The van der Waals surface area contributed by atoms with Crippen LogP contribution < -0.4 is 4.74 Å². The summed E-state index contributed by atoms with van der Waals surface area (Å²) in [5.74, 6) is 2.41. The first-order valence-corrected chi connectivity index (χ1v) is 15.1. The van der Waals surface area contributed by atoms with Gasteiger partial charge in [-0.2, -0.15) is 5.10 Å². The maximum Gasteiger partial charge on any atom is 0.137 e. The Hall–Kier alpha value is -5.16. The zero-order valence-electron chi connectivity index (χ0n) is 26.1. The quantitative estimate of drug-likeness (QED) is 0.205. The highest BCUT2D eigenvalue weighted by Crippen LogP contribution is 2.38. The third-order valence-electron chi connectivity index (χ3n) is 8.39. The van der Waals surface area contributed by atoms with Crippen molar-refractivity contribution in [1.29, 1.82) is 0 Å². The van der Waals surface area contributed by atoms with Crippen LogP contribution in [0.25, 0.3) is 44.4 Å². The Kier molecular flexibility index (Phi) is 6.62. The van der Waals surface area contributed by atoms with Gasteiger partial charge in [0.25, 0.3) is 0 Å². The van der Waals surface area contributed by atoms with Crippen LogP contribution in [0, 0.1) is 20.8 Å². The molecule has 0 N–H and O–H groups in total. The number of aromatic nitrogens is 4. The van der Waals surface area contributed by atoms with E-state index in [-0.39, 0.29) is 5.41 Å². The van der Waals surface area contributed by atoms with E-state index >= 15 is 0 Å². The molecular weight excluding hydrogens is 540 g/mol. The molecule has 0 spiro atoms. The number of hydrogen-bond donors (Lipinski definition) is 0. The largest absolute Gasteiger partial charge is 0.457 e. The van der Waals surface area contributed by atoms with Crippen molar-refractivity contribution in [2.75, 3.05) is 0 Å². The summed E-state index contributed by atoms with van der Waals surface area (Å²) >= 11 is 0. The summed E-state index contributed by atoms with van der Waals surface area (Å²) in [5.41, 5.74) is 10.1. The molecule has 5 nitrogen and oxygen atoms in total. The van der Waals surface area contributed by atoms with Gasteiger partial charge in [0.15, 0.2) is 0 Å². The Balaban J connectivity index is 1.31. The summed E-state index contributed by atoms with van der Waals surface area (Å²) in [6.07, 6.45) is 1.87. The highest BCUT2D eigenvalue weighted by atomic mass is 16.5. The fourth-order valence-electron chi connectivity index (χ4n) is 6.15. The van der Waals surface area contributed by atoms with E-state index in [4.69, 9.17) is 14.8 Å². The van der Waals surface area contributed by atoms with E-state index in [1.165, 1.54) is 27.5 Å². The Labute approximate surface area is 258 Å². The Morgan fingerprint density at radius 2 is 1.48 bits per heavy atom. The first kappa shape index (κ1) is 27.7. The number of benzene rings is 4. The fraction of sp³-hybridized carbons (Fsp3) is 0.179. The van der Waals surface area contributed by atoms with Crippen molar-refractivity contribution in [2.45, 2.75) is 47.0 Å². The first-order chi connectivity index (χ1) is 21.2. The summed E-state index contributed by atoms with van der Waals surface area (Å²) in [4.78, 5) is 4.76. The van der Waals surface area contributed by atoms with E-state index in [1.807, 2.05) is 41.2 Å². The van der Waals surface area contributed by atoms with Gasteiger partial charge < -0.3 is 4.74 Å². The standard InChI is InChI=1S/C39H36N4O/c1-25-19-20-40-37(21-25)42-35-18-15-29(39(4,5)6)22-34(35)33-17-16-32(24-36(33)42)44-31-14-10-13-30(23-31)43-27(3)38(26(2)41-43)28-11-8-7-9-12-28/h7-24H,1-6H3. The summed E-state index contributed by atoms with van der Waals surface area (Å²) < 4.78 is 10.8. The van der Waals surface area contributed by atoms with Crippen molar-refractivity contribution in [3.05, 3.63) is 132 Å². The lowest BCUT2D eigenvalue weighted by Crippen LogP contribution is -2.10. The van der Waals surface area contributed by atoms with Crippen LogP contribution in [0.15, 0.2) is 109 Å². The molecule has 0 radical (unpaired) electrons. The van der Waals surface area contributed by atoms with E-state index in [0.29, 0.717) is 0 Å². The monoisotopic (exact) mass is 576 g/mol. The molecule has 0 amide bonds. The van der Waals surface area contributed by atoms with E-state index in [2.05, 4.69) is 119 Å². The van der Waals surface area contributed by atoms with Crippen molar-refractivity contribution in [3.63, 3.8) is 0 Å². The molecule has 4 aromatic carbocycles. The SMILES string of the molecule is Cc1ccnc(-n2c3ccc(C(C)(C)C)cc3c3ccc(Oc4cccc(-n5nc(C)c(-c6ccccc6)c5C)c4)cc32)c1. The second-order valence-corrected chi connectivity index (χ2v) is 12.6. The minimum Gasteiger partial charge on any atom is -0.457 e. The van der Waals surface area contributed by atoms with Gasteiger partial charge in [-0.25, -0.2) is 9.67 Å². The van der Waals surface area contributed by atoms with Gasteiger partial charge in [-0.1, -0.05) is 63.2 Å². The molecule has 0 saturated heterocycles. The molecule has 0 saturated carbocycles. The fourth-order valence-corrected chi connectivity index (χ4v) is 6.15. The topological polar surface area (TPSA) is 44.9 Å². The summed E-state index contributed by atoms with van der Waals surface area (Å²) in [6.45, 7) is 13.0. The summed E-state index contributed by atoms with van der Waals surface area (Å²) in [7, 11) is 0. The smallest absolute Gasteiger partial charge is 0.137 e. The van der Waals surface area contributed by atoms with Gasteiger partial charge in [0, 0.05) is 40.4 Å². The average Bonchev–Trinajstić information content (AvgIpc) is 3.49. The molecule has 0 bridgehead atoms. The molecule has 0 aliphatic heterocycles. The van der Waals surface area contributed by atoms with Crippen LogP contribution in [-0.4, -0.2) is 19.3 Å². The Morgan fingerprint density at radius 3 is 2.25 bits per heavy atom. The molecule has 7 rings (SSSR count). The average molecular weight is 577 g/mol. The van der Waals surface area contributed by atoms with Crippen LogP contribution in [0.2, 0.25) is 0 Å². The van der Waals surface area contributed by atoms with Crippen molar-refractivity contribution < 1.29 is 4.74 Å². The van der Waals surface area contributed by atoms with Crippen LogP contribution >= 0.6 is 0 Å². The molecule has 44 heavy (non-hydrogen) atoms. The Morgan fingerprint density at radius 1 is 0.682 bits per heavy atom. The van der Waals surface area contributed by atoms with Crippen LogP contribution in [0.4, 0.5) is 0 Å². The van der Waals surface area contributed by atoms with E-state index < -0.39 is 0 Å². The highest BCUT2D eigenvalue weighted by molar-refractivity contribution is 6.09. The number of rotatable bonds is 5. The molecule has 3 aromatic heterocycles. The van der Waals surface area contributed by atoms with Gasteiger partial charge in [0.2, 0.25) is 0 Å². The third kappa shape index (κ3) is 4.84. The maximum atomic E-state index is 6.52. The van der Waals surface area contributed by atoms with Gasteiger partial charge in [-0.15, -0.1) is 0 Å². The summed E-state index contributed by atoms with van der Waals surface area (Å²) in [6, 6.07) is 35.9. The van der Waals surface area contributed by atoms with Gasteiger partial charge in [-0.05, 0) is 91.4 Å². The van der Waals surface area contributed by atoms with Crippen molar-refractivity contribution in [2.24, 2.45) is 0 Å². The second kappa shape index (κ2) is 10.5. The molecule has 218 valence electrons. The third-order valence-corrected chi connectivity index (χ3v) is 8.39. The van der Waals surface area contributed by atoms with Crippen molar-refractivity contribution >= 4 is 21.8 Å². The lowest BCUT2D eigenvalue weighted by Gasteiger charge is -2.19. The van der Waals surface area contributed by atoms with E-state index in [0.717, 1.165) is 51.0 Å². The maximum absolute atomic E-state index is 6.52. The minimum atomic E-state index is 0.0472. The zero-order chi connectivity index (χ0) is 30.6. The zero-order valence-corrected chi connectivity index (χ0v) is 26.1. The molecule has 0 unspecified atom stereocenters. The summed E-state index contributed by atoms with van der Waals surface area (Å²) in [5, 5.41) is 7.28. The molecule has 5 heteroatoms. The molecule has 0 atom stereocenters. The molecule has 0 aliphatic rings. The second-order valence-electron chi connectivity index (χ2n) is 12.6. The first-order valence-electron chi connectivity index (χ1n) is 15.1. The van der Waals surface area contributed by atoms with Gasteiger partial charge in [0.05, 0.1) is 22.4 Å². The molecule has 0 aliphatic carbocycles. The van der Waals surface area contributed by atoms with Crippen LogP contribution in [0.5, 0.6) is 11.5 Å². The molecular formula is C39H36N4O. The van der Waals surface area contributed by atoms with E-state index in [1.54, 1.807) is 0 Å². The van der Waals surface area contributed by atoms with Gasteiger partial charge in [0.1, 0.15) is 17.3 Å². The van der Waals surface area contributed by atoms with Crippen LogP contribution in [0.1, 0.15) is 43.3 Å². The minimum absolute atomic E-state index is 0.0472. The van der Waals surface area contributed by atoms with Crippen LogP contribution in [0.3, 0.4) is 0 Å². The number of pyridine rings is 1. The Bertz CT molecular complexity index is 2160. The van der Waals surface area contributed by atoms with Crippen molar-refractivity contribution in [1.82, 2.24) is 19.3 Å². The molecule has 3 heterocycles. The van der Waals surface area contributed by atoms with Gasteiger partial charge >= 0.3 is 0 Å². The number of ether oxygens (including phenoxy) is 1. The predicted octanol–water partition coefficient (Wildman–Crippen LogP) is 10.0. The van der Waals surface area contributed by atoms with Gasteiger partial charge in [-0.3, -0.25) is 4.57 Å². The lowest BCUT2D eigenvalue weighted by molar-refractivity contribution is 0.482.